The molecular formula is C13H17NO. The number of hydrogen-bond acceptors (Lipinski definition) is 1. The largest absolute Gasteiger partial charge is 0.349 e. The van der Waals surface area contributed by atoms with Gasteiger partial charge in [0.15, 0.2) is 0 Å². The Kier molecular flexibility index (Phi) is 7.69. The van der Waals surface area contributed by atoms with Crippen LogP contribution >= 0.6 is 0 Å². The van der Waals surface area contributed by atoms with E-state index >= 15 is 0 Å². The molecule has 0 heterocycles. The second kappa shape index (κ2) is 8.75. The predicted molar refractivity (Wildman–Crippen MR) is 65.4 cm³/mol. The van der Waals surface area contributed by atoms with Gasteiger partial charge in [-0.3, -0.25) is 4.79 Å². The SMILES string of the molecule is C=CC=C(C=CCC=C)C(=O)NCC=C. The lowest BCUT2D eigenvalue weighted by molar-refractivity contribution is -0.116. The molecule has 0 spiro atoms. The third-order valence-electron chi connectivity index (χ3n) is 1.57. The zero-order chi connectivity index (χ0) is 11.5. The Hall–Kier alpha value is -1.83. The van der Waals surface area contributed by atoms with E-state index in [1.807, 2.05) is 6.08 Å². The molecule has 2 nitrogen and oxygen atoms in total. The van der Waals surface area contributed by atoms with Crippen molar-refractivity contribution in [2.24, 2.45) is 0 Å². The highest BCUT2D eigenvalue weighted by atomic mass is 16.1. The molecular weight excluding hydrogens is 186 g/mol. The molecule has 0 saturated carbocycles. The zero-order valence-corrected chi connectivity index (χ0v) is 8.91. The normalized spacial score (nSPS) is 11.1. The summed E-state index contributed by atoms with van der Waals surface area (Å²) >= 11 is 0. The van der Waals surface area contributed by atoms with Gasteiger partial charge in [0.2, 0.25) is 0 Å². The lowest BCUT2D eigenvalue weighted by atomic mass is 10.2. The van der Waals surface area contributed by atoms with Gasteiger partial charge in [0.05, 0.1) is 0 Å². The Morgan fingerprint density at radius 1 is 1.20 bits per heavy atom. The van der Waals surface area contributed by atoms with Crippen LogP contribution in [0.5, 0.6) is 0 Å². The Balaban J connectivity index is 4.44. The van der Waals surface area contributed by atoms with Gasteiger partial charge in [-0.1, -0.05) is 43.0 Å². The average Bonchev–Trinajstić information content (AvgIpc) is 2.25. The van der Waals surface area contributed by atoms with Crippen molar-refractivity contribution in [2.45, 2.75) is 6.42 Å². The molecule has 2 heteroatoms. The maximum absolute atomic E-state index is 11.5. The lowest BCUT2D eigenvalue weighted by Gasteiger charge is -2.01. The molecule has 0 aliphatic heterocycles. The fourth-order valence-electron chi connectivity index (χ4n) is 0.892. The number of nitrogens with one attached hydrogen (secondary N) is 1. The second-order valence-corrected chi connectivity index (χ2v) is 2.78. The maximum atomic E-state index is 11.5. The molecule has 0 aromatic heterocycles. The minimum absolute atomic E-state index is 0.130. The Morgan fingerprint density at radius 2 is 1.93 bits per heavy atom. The lowest BCUT2D eigenvalue weighted by Crippen LogP contribution is -2.24. The third kappa shape index (κ3) is 6.27. The van der Waals surface area contributed by atoms with Crippen LogP contribution in [0.4, 0.5) is 0 Å². The first kappa shape index (κ1) is 13.2. The number of allylic oxidation sites excluding steroid dienone is 4. The summed E-state index contributed by atoms with van der Waals surface area (Å²) in [5.41, 5.74) is 0.578. The van der Waals surface area contributed by atoms with E-state index in [9.17, 15) is 4.79 Å². The van der Waals surface area contributed by atoms with Crippen molar-refractivity contribution in [3.8, 4) is 0 Å². The van der Waals surface area contributed by atoms with Crippen molar-refractivity contribution < 1.29 is 4.79 Å². The number of hydrogen-bond donors (Lipinski definition) is 1. The van der Waals surface area contributed by atoms with Crippen molar-refractivity contribution in [3.05, 3.63) is 61.8 Å². The number of carbonyl (C=O) groups excluding carboxylic acids is 1. The van der Waals surface area contributed by atoms with Crippen LogP contribution in [0.1, 0.15) is 6.42 Å². The van der Waals surface area contributed by atoms with Crippen LogP contribution < -0.4 is 5.32 Å². The van der Waals surface area contributed by atoms with Gasteiger partial charge in [-0.25, -0.2) is 0 Å². The summed E-state index contributed by atoms with van der Waals surface area (Å²) in [4.78, 5) is 11.5. The molecule has 0 aromatic carbocycles. The van der Waals surface area contributed by atoms with Crippen LogP contribution in [0.2, 0.25) is 0 Å². The number of carbonyl (C=O) groups is 1. The van der Waals surface area contributed by atoms with E-state index in [2.05, 4.69) is 25.1 Å². The van der Waals surface area contributed by atoms with Crippen molar-refractivity contribution in [3.63, 3.8) is 0 Å². The maximum Gasteiger partial charge on any atom is 0.251 e. The van der Waals surface area contributed by atoms with Crippen LogP contribution in [-0.4, -0.2) is 12.5 Å². The first-order chi connectivity index (χ1) is 7.26. The summed E-state index contributed by atoms with van der Waals surface area (Å²) < 4.78 is 0. The minimum Gasteiger partial charge on any atom is -0.349 e. The van der Waals surface area contributed by atoms with Crippen LogP contribution in [0, 0.1) is 0 Å². The van der Waals surface area contributed by atoms with Gasteiger partial charge in [-0.2, -0.15) is 0 Å². The fraction of sp³-hybridized carbons (Fsp3) is 0.154. The van der Waals surface area contributed by atoms with E-state index in [1.165, 1.54) is 0 Å². The van der Waals surface area contributed by atoms with Gasteiger partial charge < -0.3 is 5.32 Å². The first-order valence-electron chi connectivity index (χ1n) is 4.75. The smallest absolute Gasteiger partial charge is 0.251 e. The van der Waals surface area contributed by atoms with Gasteiger partial charge in [-0.15, -0.1) is 13.2 Å². The quantitative estimate of drug-likeness (QED) is 0.384. The highest BCUT2D eigenvalue weighted by molar-refractivity contribution is 5.96. The van der Waals surface area contributed by atoms with Gasteiger partial charge in [0, 0.05) is 12.1 Å². The topological polar surface area (TPSA) is 29.1 Å². The number of rotatable bonds is 7. The van der Waals surface area contributed by atoms with E-state index in [0.717, 1.165) is 6.42 Å². The minimum atomic E-state index is -0.130. The molecule has 1 N–H and O–H groups in total. The standard InChI is InChI=1S/C13H17NO/c1-4-7-8-10-12(9-5-2)13(15)14-11-6-3/h4-6,8-10H,1-3,7,11H2,(H,14,15). The summed E-state index contributed by atoms with van der Waals surface area (Å²) in [6.45, 7) is 11.1. The fourth-order valence-corrected chi connectivity index (χ4v) is 0.892. The van der Waals surface area contributed by atoms with E-state index < -0.39 is 0 Å². The van der Waals surface area contributed by atoms with E-state index in [4.69, 9.17) is 0 Å². The van der Waals surface area contributed by atoms with Crippen LogP contribution in [0.3, 0.4) is 0 Å². The highest BCUT2D eigenvalue weighted by Gasteiger charge is 2.02. The third-order valence-corrected chi connectivity index (χ3v) is 1.57. The predicted octanol–water partition coefficient (Wildman–Crippen LogP) is 2.53. The Morgan fingerprint density at radius 3 is 2.47 bits per heavy atom. The van der Waals surface area contributed by atoms with E-state index in [1.54, 1.807) is 30.4 Å². The first-order valence-corrected chi connectivity index (χ1v) is 4.75. The molecule has 0 radical (unpaired) electrons. The summed E-state index contributed by atoms with van der Waals surface area (Å²) in [5, 5.41) is 2.69. The van der Waals surface area contributed by atoms with E-state index in [0.29, 0.717) is 12.1 Å². The van der Waals surface area contributed by atoms with Gasteiger partial charge in [0.1, 0.15) is 0 Å². The van der Waals surface area contributed by atoms with Crippen LogP contribution in [-0.2, 0) is 4.79 Å². The Labute approximate surface area is 91.4 Å². The molecule has 0 bridgehead atoms. The molecule has 15 heavy (non-hydrogen) atoms. The highest BCUT2D eigenvalue weighted by Crippen LogP contribution is 1.99. The molecule has 0 unspecified atom stereocenters. The molecule has 80 valence electrons. The molecule has 0 aromatic rings. The van der Waals surface area contributed by atoms with Crippen molar-refractivity contribution >= 4 is 5.91 Å². The molecule has 0 atom stereocenters. The number of amides is 1. The van der Waals surface area contributed by atoms with E-state index in [-0.39, 0.29) is 5.91 Å². The second-order valence-electron chi connectivity index (χ2n) is 2.78. The van der Waals surface area contributed by atoms with Crippen molar-refractivity contribution in [1.82, 2.24) is 5.32 Å². The van der Waals surface area contributed by atoms with Crippen molar-refractivity contribution in [2.75, 3.05) is 6.54 Å². The van der Waals surface area contributed by atoms with Gasteiger partial charge in [0.25, 0.3) is 5.91 Å². The van der Waals surface area contributed by atoms with Gasteiger partial charge in [-0.05, 0) is 6.42 Å². The zero-order valence-electron chi connectivity index (χ0n) is 8.91. The molecule has 0 saturated heterocycles. The summed E-state index contributed by atoms with van der Waals surface area (Å²) in [5.74, 6) is -0.130. The summed E-state index contributed by atoms with van der Waals surface area (Å²) in [6.07, 6.45) is 11.0. The molecule has 1 amide bonds. The molecule has 0 aliphatic rings. The molecule has 0 aliphatic carbocycles. The van der Waals surface area contributed by atoms with Crippen molar-refractivity contribution in [1.29, 1.82) is 0 Å². The van der Waals surface area contributed by atoms with Crippen LogP contribution in [0.15, 0.2) is 61.8 Å². The van der Waals surface area contributed by atoms with Gasteiger partial charge >= 0.3 is 0 Å². The Bertz CT molecular complexity index is 298. The monoisotopic (exact) mass is 203 g/mol. The molecule has 0 rings (SSSR count). The summed E-state index contributed by atoms with van der Waals surface area (Å²) in [7, 11) is 0. The summed E-state index contributed by atoms with van der Waals surface area (Å²) in [6, 6.07) is 0. The van der Waals surface area contributed by atoms with Crippen LogP contribution in [0.25, 0.3) is 0 Å². The molecule has 0 fully saturated rings. The average molecular weight is 203 g/mol.